The monoisotopic (exact) mass is 322 g/mol. The van der Waals surface area contributed by atoms with Gasteiger partial charge in [-0.3, -0.25) is 9.59 Å². The molecule has 1 saturated heterocycles. The lowest BCUT2D eigenvalue weighted by atomic mass is 10.2. The number of nitrogens with zero attached hydrogens (tertiary/aromatic N) is 1. The van der Waals surface area contributed by atoms with Gasteiger partial charge >= 0.3 is 5.97 Å². The van der Waals surface area contributed by atoms with Crippen molar-refractivity contribution in [1.82, 2.24) is 9.88 Å². The Bertz CT molecular complexity index is 727. The maximum atomic E-state index is 12.5. The van der Waals surface area contributed by atoms with E-state index in [4.69, 9.17) is 21.4 Å². The number of morpholine rings is 1. The quantitative estimate of drug-likeness (QED) is 0.907. The first-order chi connectivity index (χ1) is 10.5. The van der Waals surface area contributed by atoms with Crippen molar-refractivity contribution in [3.63, 3.8) is 0 Å². The average molecular weight is 323 g/mol. The second kappa shape index (κ2) is 5.98. The summed E-state index contributed by atoms with van der Waals surface area (Å²) in [5.41, 5.74) is 1.26. The van der Waals surface area contributed by atoms with Crippen molar-refractivity contribution >= 4 is 34.4 Å². The van der Waals surface area contributed by atoms with Crippen molar-refractivity contribution in [2.75, 3.05) is 19.7 Å². The highest BCUT2D eigenvalue weighted by Crippen LogP contribution is 2.21. The second-order valence-electron chi connectivity index (χ2n) is 5.26. The van der Waals surface area contributed by atoms with Crippen LogP contribution in [0.4, 0.5) is 0 Å². The van der Waals surface area contributed by atoms with Crippen LogP contribution in [0.5, 0.6) is 0 Å². The molecule has 6 nitrogen and oxygen atoms in total. The summed E-state index contributed by atoms with van der Waals surface area (Å²) in [6, 6.07) is 7.15. The number of halogens is 1. The molecule has 7 heteroatoms. The van der Waals surface area contributed by atoms with Crippen molar-refractivity contribution in [3.05, 3.63) is 35.0 Å². The number of carboxylic acids is 1. The molecule has 0 aliphatic carbocycles. The third-order valence-electron chi connectivity index (χ3n) is 3.64. The summed E-state index contributed by atoms with van der Waals surface area (Å²) >= 11 is 5.94. The van der Waals surface area contributed by atoms with E-state index in [1.54, 1.807) is 23.1 Å². The summed E-state index contributed by atoms with van der Waals surface area (Å²) in [5, 5.41) is 10.3. The summed E-state index contributed by atoms with van der Waals surface area (Å²) in [6.07, 6.45) is -0.569. The number of amides is 1. The lowest BCUT2D eigenvalue weighted by molar-refractivity contribution is -0.141. The van der Waals surface area contributed by atoms with E-state index in [1.807, 2.05) is 6.07 Å². The molecule has 1 aliphatic rings. The molecule has 1 atom stereocenters. The zero-order chi connectivity index (χ0) is 15.7. The largest absolute Gasteiger partial charge is 0.481 e. The highest BCUT2D eigenvalue weighted by atomic mass is 35.5. The molecule has 116 valence electrons. The van der Waals surface area contributed by atoms with Gasteiger partial charge in [0.05, 0.1) is 19.1 Å². The number of aromatic amines is 1. The lowest BCUT2D eigenvalue weighted by Gasteiger charge is -2.32. The first-order valence-corrected chi connectivity index (χ1v) is 7.31. The summed E-state index contributed by atoms with van der Waals surface area (Å²) in [7, 11) is 0. The third-order valence-corrected chi connectivity index (χ3v) is 3.88. The van der Waals surface area contributed by atoms with Crippen LogP contribution in [-0.4, -0.2) is 52.7 Å². The maximum absolute atomic E-state index is 12.5. The van der Waals surface area contributed by atoms with E-state index in [9.17, 15) is 9.59 Å². The van der Waals surface area contributed by atoms with Gasteiger partial charge in [0, 0.05) is 29.0 Å². The fourth-order valence-electron chi connectivity index (χ4n) is 2.61. The van der Waals surface area contributed by atoms with Crippen molar-refractivity contribution in [3.8, 4) is 0 Å². The third kappa shape index (κ3) is 3.08. The Morgan fingerprint density at radius 1 is 1.41 bits per heavy atom. The topological polar surface area (TPSA) is 82.6 Å². The van der Waals surface area contributed by atoms with Crippen molar-refractivity contribution < 1.29 is 19.4 Å². The molecule has 1 unspecified atom stereocenters. The molecule has 2 heterocycles. The van der Waals surface area contributed by atoms with Gasteiger partial charge in [-0.2, -0.15) is 0 Å². The Morgan fingerprint density at radius 2 is 2.23 bits per heavy atom. The fourth-order valence-corrected chi connectivity index (χ4v) is 2.78. The highest BCUT2D eigenvalue weighted by molar-refractivity contribution is 6.31. The Kier molecular flexibility index (Phi) is 4.04. The van der Waals surface area contributed by atoms with Gasteiger partial charge in [0.25, 0.3) is 5.91 Å². The van der Waals surface area contributed by atoms with Crippen molar-refractivity contribution in [1.29, 1.82) is 0 Å². The normalized spacial score (nSPS) is 18.6. The van der Waals surface area contributed by atoms with Gasteiger partial charge in [-0.05, 0) is 18.2 Å². The van der Waals surface area contributed by atoms with Crippen LogP contribution in [0.1, 0.15) is 16.9 Å². The van der Waals surface area contributed by atoms with Crippen LogP contribution in [0.2, 0.25) is 5.02 Å². The number of fused-ring (bicyclic) bond motifs is 1. The van der Waals surface area contributed by atoms with Gasteiger partial charge in [0.15, 0.2) is 0 Å². The molecule has 0 radical (unpaired) electrons. The number of rotatable bonds is 3. The number of carboxylic acid groups (broad SMARTS) is 1. The molecule has 22 heavy (non-hydrogen) atoms. The Balaban J connectivity index is 1.78. The van der Waals surface area contributed by atoms with Gasteiger partial charge in [-0.15, -0.1) is 0 Å². The first kappa shape index (κ1) is 14.9. The molecule has 1 fully saturated rings. The van der Waals surface area contributed by atoms with E-state index in [2.05, 4.69) is 4.98 Å². The number of aliphatic carboxylic acids is 1. The van der Waals surface area contributed by atoms with Crippen LogP contribution >= 0.6 is 11.6 Å². The van der Waals surface area contributed by atoms with Gasteiger partial charge in [0.1, 0.15) is 5.69 Å². The summed E-state index contributed by atoms with van der Waals surface area (Å²) in [5.74, 6) is -1.09. The number of benzene rings is 1. The van der Waals surface area contributed by atoms with E-state index in [0.29, 0.717) is 23.9 Å². The van der Waals surface area contributed by atoms with Crippen LogP contribution in [0.25, 0.3) is 10.9 Å². The van der Waals surface area contributed by atoms with Crippen LogP contribution in [-0.2, 0) is 9.53 Å². The molecule has 0 spiro atoms. The molecular weight excluding hydrogens is 308 g/mol. The maximum Gasteiger partial charge on any atom is 0.306 e. The number of ether oxygens (including phenoxy) is 1. The molecular formula is C15H15ClN2O4. The molecule has 2 N–H and O–H groups in total. The standard InChI is InChI=1S/C15H15ClN2O4/c16-10-2-1-9-5-13(17-12(9)6-10)15(21)18-3-4-22-11(8-18)7-14(19)20/h1-2,5-6,11,17H,3-4,7-8H2,(H,19,20). The smallest absolute Gasteiger partial charge is 0.306 e. The van der Waals surface area contributed by atoms with E-state index in [1.165, 1.54) is 0 Å². The summed E-state index contributed by atoms with van der Waals surface area (Å²) in [4.78, 5) is 28.0. The fraction of sp³-hybridized carbons (Fsp3) is 0.333. The minimum Gasteiger partial charge on any atom is -0.481 e. The van der Waals surface area contributed by atoms with E-state index < -0.39 is 12.1 Å². The predicted molar refractivity (Wildman–Crippen MR) is 81.2 cm³/mol. The molecule has 1 amide bonds. The molecule has 0 saturated carbocycles. The van der Waals surface area contributed by atoms with Crippen molar-refractivity contribution in [2.45, 2.75) is 12.5 Å². The molecule has 2 aromatic rings. The number of hydrogen-bond acceptors (Lipinski definition) is 3. The van der Waals surface area contributed by atoms with Crippen LogP contribution < -0.4 is 0 Å². The summed E-state index contributed by atoms with van der Waals surface area (Å²) < 4.78 is 5.38. The SMILES string of the molecule is O=C(O)CC1CN(C(=O)c2cc3ccc(Cl)cc3[nH]2)CCO1. The predicted octanol–water partition coefficient (Wildman–Crippen LogP) is 2.14. The average Bonchev–Trinajstić information content (AvgIpc) is 2.89. The number of H-pyrrole nitrogens is 1. The Morgan fingerprint density at radius 3 is 3.00 bits per heavy atom. The second-order valence-corrected chi connectivity index (χ2v) is 5.69. The molecule has 1 aromatic carbocycles. The number of carbonyl (C=O) groups is 2. The zero-order valence-electron chi connectivity index (χ0n) is 11.7. The minimum atomic E-state index is -0.931. The van der Waals surface area contributed by atoms with Gasteiger partial charge in [0.2, 0.25) is 0 Å². The number of carbonyl (C=O) groups excluding carboxylic acids is 1. The minimum absolute atomic E-state index is 0.105. The van der Waals surface area contributed by atoms with Gasteiger partial charge < -0.3 is 19.7 Å². The van der Waals surface area contributed by atoms with E-state index >= 15 is 0 Å². The molecule has 1 aromatic heterocycles. The number of nitrogens with one attached hydrogen (secondary N) is 1. The highest BCUT2D eigenvalue weighted by Gasteiger charge is 2.27. The van der Waals surface area contributed by atoms with E-state index in [0.717, 1.165) is 10.9 Å². The van der Waals surface area contributed by atoms with Gasteiger partial charge in [-0.25, -0.2) is 0 Å². The van der Waals surface area contributed by atoms with Crippen molar-refractivity contribution in [2.24, 2.45) is 0 Å². The van der Waals surface area contributed by atoms with Crippen LogP contribution in [0.3, 0.4) is 0 Å². The summed E-state index contributed by atoms with van der Waals surface area (Å²) in [6.45, 7) is 1.07. The Labute approximate surface area is 131 Å². The lowest BCUT2D eigenvalue weighted by Crippen LogP contribution is -2.46. The number of aromatic nitrogens is 1. The van der Waals surface area contributed by atoms with Crippen LogP contribution in [0.15, 0.2) is 24.3 Å². The van der Waals surface area contributed by atoms with Crippen LogP contribution in [0, 0.1) is 0 Å². The molecule has 3 rings (SSSR count). The Hall–Kier alpha value is -2.05. The van der Waals surface area contributed by atoms with E-state index in [-0.39, 0.29) is 18.9 Å². The molecule has 0 bridgehead atoms. The molecule has 1 aliphatic heterocycles. The first-order valence-electron chi connectivity index (χ1n) is 6.94. The number of hydrogen-bond donors (Lipinski definition) is 2. The van der Waals surface area contributed by atoms with Gasteiger partial charge in [-0.1, -0.05) is 17.7 Å². The zero-order valence-corrected chi connectivity index (χ0v) is 12.5.